The molecule has 0 spiro atoms. The lowest BCUT2D eigenvalue weighted by molar-refractivity contribution is 0.0968. The van der Waals surface area contributed by atoms with Gasteiger partial charge in [0.05, 0.1) is 26.8 Å². The van der Waals surface area contributed by atoms with Gasteiger partial charge < -0.3 is 20.4 Å². The summed E-state index contributed by atoms with van der Waals surface area (Å²) >= 11 is 12.4. The topological polar surface area (TPSA) is 85.7 Å². The number of aromatic nitrogens is 1. The first-order valence-corrected chi connectivity index (χ1v) is 14.9. The van der Waals surface area contributed by atoms with Gasteiger partial charge in [-0.3, -0.25) is 9.78 Å². The number of benzene rings is 2. The molecule has 6 nitrogen and oxygen atoms in total. The molecule has 3 N–H and O–H groups in total. The number of Topliss-reactive ketones (excluding diaryl/α,β-unsaturated/α-hetero) is 1. The Labute approximate surface area is 239 Å². The van der Waals surface area contributed by atoms with Gasteiger partial charge in [-0.05, 0) is 98.7 Å². The largest absolute Gasteiger partial charge is 0.505 e. The number of anilines is 1. The average Bonchev–Trinajstić information content (AvgIpc) is 3.70. The van der Waals surface area contributed by atoms with E-state index in [0.717, 1.165) is 92.3 Å². The van der Waals surface area contributed by atoms with Crippen LogP contribution in [-0.4, -0.2) is 58.2 Å². The summed E-state index contributed by atoms with van der Waals surface area (Å²) in [5.74, 6) is 1.26. The van der Waals surface area contributed by atoms with Gasteiger partial charge in [0.15, 0.2) is 11.5 Å². The number of likely N-dealkylation sites (tertiary alicyclic amines) is 1. The van der Waals surface area contributed by atoms with Crippen LogP contribution >= 0.6 is 23.2 Å². The van der Waals surface area contributed by atoms with Crippen LogP contribution in [0.4, 0.5) is 5.69 Å². The number of aliphatic hydroxyl groups is 1. The number of carbonyl (C=O) groups excluding carboxylic acids is 1. The van der Waals surface area contributed by atoms with Gasteiger partial charge in [-0.15, -0.1) is 0 Å². The van der Waals surface area contributed by atoms with E-state index < -0.39 is 0 Å². The minimum absolute atomic E-state index is 0.0987. The van der Waals surface area contributed by atoms with Crippen molar-refractivity contribution in [1.29, 1.82) is 0 Å². The standard InChI is InChI=1S/C31H35Cl2N3O3/c32-26-12-22(13-27(33)31(26)39)21-5-8-28-24(11-21)29(25(14-34-28)30(38)20-3-4-20)35-23-6-1-18(2-7-23)15-36-10-9-19(16-36)17-37/h5,8,11-14,18-20,23,37,39H,1-4,6-7,9-10,15-17H2,(H,34,35)/t18-,19?,23-. The lowest BCUT2D eigenvalue weighted by Crippen LogP contribution is -2.33. The molecule has 206 valence electrons. The molecule has 3 aliphatic rings. The van der Waals surface area contributed by atoms with Crippen molar-refractivity contribution in [3.05, 3.63) is 52.1 Å². The third kappa shape index (κ3) is 5.76. The molecule has 1 aliphatic heterocycles. The minimum atomic E-state index is -0.127. The number of aromatic hydroxyl groups is 1. The Morgan fingerprint density at radius 3 is 2.38 bits per heavy atom. The van der Waals surface area contributed by atoms with Crippen LogP contribution < -0.4 is 5.32 Å². The molecule has 6 rings (SSSR count). The van der Waals surface area contributed by atoms with E-state index in [4.69, 9.17) is 23.2 Å². The van der Waals surface area contributed by atoms with Crippen LogP contribution in [-0.2, 0) is 0 Å². The Kier molecular flexibility index (Phi) is 7.73. The van der Waals surface area contributed by atoms with Crippen LogP contribution in [0.1, 0.15) is 55.3 Å². The number of aliphatic hydroxyl groups excluding tert-OH is 1. The zero-order chi connectivity index (χ0) is 27.1. The molecule has 1 unspecified atom stereocenters. The Morgan fingerprint density at radius 1 is 0.974 bits per heavy atom. The number of carbonyl (C=O) groups is 1. The van der Waals surface area contributed by atoms with Crippen LogP contribution in [0.5, 0.6) is 5.75 Å². The van der Waals surface area contributed by atoms with Crippen molar-refractivity contribution in [2.24, 2.45) is 17.8 Å². The number of phenolic OH excluding ortho intramolecular Hbond substituents is 1. The Bertz CT molecular complexity index is 1360. The highest BCUT2D eigenvalue weighted by Gasteiger charge is 2.33. The number of phenols is 1. The summed E-state index contributed by atoms with van der Waals surface area (Å²) in [5, 5.41) is 24.6. The Balaban J connectivity index is 1.26. The molecule has 8 heteroatoms. The molecular formula is C31H35Cl2N3O3. The van der Waals surface area contributed by atoms with Gasteiger partial charge >= 0.3 is 0 Å². The monoisotopic (exact) mass is 567 g/mol. The number of ketones is 1. The number of hydrogen-bond acceptors (Lipinski definition) is 6. The average molecular weight is 569 g/mol. The summed E-state index contributed by atoms with van der Waals surface area (Å²) in [4.78, 5) is 20.5. The van der Waals surface area contributed by atoms with Crippen molar-refractivity contribution >= 4 is 45.6 Å². The maximum Gasteiger partial charge on any atom is 0.169 e. The summed E-state index contributed by atoms with van der Waals surface area (Å²) in [6, 6.07) is 9.67. The van der Waals surface area contributed by atoms with Crippen molar-refractivity contribution < 1.29 is 15.0 Å². The molecule has 1 atom stereocenters. The van der Waals surface area contributed by atoms with E-state index in [2.05, 4.69) is 15.2 Å². The molecule has 2 aliphatic carbocycles. The number of pyridine rings is 1. The van der Waals surface area contributed by atoms with E-state index in [1.165, 1.54) is 0 Å². The second-order valence-electron chi connectivity index (χ2n) is 11.7. The molecule has 3 fully saturated rings. The molecule has 2 heterocycles. The van der Waals surface area contributed by atoms with Crippen molar-refractivity contribution in [2.75, 3.05) is 31.6 Å². The van der Waals surface area contributed by atoms with Gasteiger partial charge in [0.1, 0.15) is 0 Å². The lowest BCUT2D eigenvalue weighted by atomic mass is 9.85. The van der Waals surface area contributed by atoms with Gasteiger partial charge in [-0.1, -0.05) is 29.3 Å². The number of nitrogens with zero attached hydrogens (tertiary/aromatic N) is 2. The molecule has 1 aromatic heterocycles. The second-order valence-corrected chi connectivity index (χ2v) is 12.5. The van der Waals surface area contributed by atoms with Crippen LogP contribution in [0.15, 0.2) is 36.5 Å². The van der Waals surface area contributed by atoms with E-state index in [1.54, 1.807) is 18.3 Å². The highest BCUT2D eigenvalue weighted by Crippen LogP contribution is 2.41. The summed E-state index contributed by atoms with van der Waals surface area (Å²) in [7, 11) is 0. The molecule has 2 aromatic carbocycles. The molecule has 2 saturated carbocycles. The number of nitrogens with one attached hydrogen (secondary N) is 1. The van der Waals surface area contributed by atoms with E-state index in [9.17, 15) is 15.0 Å². The highest BCUT2D eigenvalue weighted by molar-refractivity contribution is 6.37. The molecule has 0 amide bonds. The fourth-order valence-corrected chi connectivity index (χ4v) is 6.79. The second kappa shape index (κ2) is 11.2. The summed E-state index contributed by atoms with van der Waals surface area (Å²) in [6.45, 7) is 3.53. The van der Waals surface area contributed by atoms with Gasteiger partial charge in [-0.2, -0.15) is 0 Å². The fraction of sp³-hybridized carbons (Fsp3) is 0.484. The van der Waals surface area contributed by atoms with Crippen molar-refractivity contribution in [3.63, 3.8) is 0 Å². The third-order valence-electron chi connectivity index (χ3n) is 8.77. The maximum atomic E-state index is 13.3. The number of fused-ring (bicyclic) bond motifs is 1. The maximum absolute atomic E-state index is 13.3. The zero-order valence-corrected chi connectivity index (χ0v) is 23.5. The highest BCUT2D eigenvalue weighted by atomic mass is 35.5. The van der Waals surface area contributed by atoms with E-state index in [-0.39, 0.29) is 27.5 Å². The van der Waals surface area contributed by atoms with Gasteiger partial charge in [-0.25, -0.2) is 0 Å². The quantitative estimate of drug-likeness (QED) is 0.260. The normalized spacial score (nSPS) is 23.8. The number of hydrogen-bond donors (Lipinski definition) is 3. The van der Waals surface area contributed by atoms with Gasteiger partial charge in [0.25, 0.3) is 0 Å². The lowest BCUT2D eigenvalue weighted by Gasteiger charge is -2.32. The van der Waals surface area contributed by atoms with Crippen LogP contribution in [0.3, 0.4) is 0 Å². The summed E-state index contributed by atoms with van der Waals surface area (Å²) in [5.41, 5.74) is 4.07. The van der Waals surface area contributed by atoms with E-state index in [0.29, 0.717) is 30.0 Å². The van der Waals surface area contributed by atoms with Gasteiger partial charge in [0, 0.05) is 43.2 Å². The van der Waals surface area contributed by atoms with Crippen LogP contribution in [0, 0.1) is 17.8 Å². The predicted octanol–water partition coefficient (Wildman–Crippen LogP) is 6.79. The third-order valence-corrected chi connectivity index (χ3v) is 9.35. The van der Waals surface area contributed by atoms with E-state index >= 15 is 0 Å². The van der Waals surface area contributed by atoms with Gasteiger partial charge in [0.2, 0.25) is 0 Å². The summed E-state index contributed by atoms with van der Waals surface area (Å²) in [6.07, 6.45) is 9.17. The van der Waals surface area contributed by atoms with Crippen molar-refractivity contribution in [3.8, 4) is 16.9 Å². The summed E-state index contributed by atoms with van der Waals surface area (Å²) < 4.78 is 0. The smallest absolute Gasteiger partial charge is 0.169 e. The molecule has 0 radical (unpaired) electrons. The number of rotatable bonds is 8. The molecule has 0 bridgehead atoms. The minimum Gasteiger partial charge on any atom is -0.505 e. The SMILES string of the molecule is O=C(c1cnc2ccc(-c3cc(Cl)c(O)c(Cl)c3)cc2c1N[C@H]1CC[C@H](CN2CCC(CO)C2)CC1)C1CC1. The first kappa shape index (κ1) is 26.8. The van der Waals surface area contributed by atoms with Crippen LogP contribution in [0.25, 0.3) is 22.0 Å². The van der Waals surface area contributed by atoms with Crippen LogP contribution in [0.2, 0.25) is 10.0 Å². The molecule has 1 saturated heterocycles. The predicted molar refractivity (Wildman–Crippen MR) is 157 cm³/mol. The first-order valence-electron chi connectivity index (χ1n) is 14.1. The molecular weight excluding hydrogens is 533 g/mol. The molecule has 39 heavy (non-hydrogen) atoms. The van der Waals surface area contributed by atoms with E-state index in [1.807, 2.05) is 18.2 Å². The zero-order valence-electron chi connectivity index (χ0n) is 22.0. The van der Waals surface area contributed by atoms with Crippen molar-refractivity contribution in [2.45, 2.75) is 51.0 Å². The van der Waals surface area contributed by atoms with Crippen molar-refractivity contribution in [1.82, 2.24) is 9.88 Å². The molecule has 3 aromatic rings. The first-order chi connectivity index (χ1) is 18.9. The Morgan fingerprint density at radius 2 is 1.72 bits per heavy atom. The fourth-order valence-electron chi connectivity index (χ4n) is 6.30. The Hall–Kier alpha value is -2.38. The number of halogens is 2.